The van der Waals surface area contributed by atoms with Gasteiger partial charge in [0.1, 0.15) is 6.04 Å². The third-order valence-electron chi connectivity index (χ3n) is 2.65. The number of ether oxygens (including phenoxy) is 1. The second-order valence-corrected chi connectivity index (χ2v) is 8.51. The van der Waals surface area contributed by atoms with Gasteiger partial charge >= 0.3 is 5.97 Å². The van der Waals surface area contributed by atoms with Crippen LogP contribution in [0.15, 0.2) is 33.6 Å². The SMILES string of the molecule is CSCCC(NS(=O)(=O)c1cccc(Br)c1)C(=O)OC(C)C. The largest absolute Gasteiger partial charge is 0.462 e. The van der Waals surface area contributed by atoms with Crippen LogP contribution in [0.3, 0.4) is 0 Å². The average molecular weight is 410 g/mol. The molecule has 124 valence electrons. The van der Waals surface area contributed by atoms with Gasteiger partial charge in [-0.1, -0.05) is 22.0 Å². The van der Waals surface area contributed by atoms with E-state index in [0.717, 1.165) is 0 Å². The lowest BCUT2D eigenvalue weighted by Crippen LogP contribution is -2.42. The van der Waals surface area contributed by atoms with E-state index >= 15 is 0 Å². The van der Waals surface area contributed by atoms with Gasteiger partial charge in [-0.15, -0.1) is 0 Å². The van der Waals surface area contributed by atoms with Crippen molar-refractivity contribution in [3.63, 3.8) is 0 Å². The highest BCUT2D eigenvalue weighted by atomic mass is 79.9. The molecule has 0 aliphatic carbocycles. The van der Waals surface area contributed by atoms with E-state index in [2.05, 4.69) is 20.7 Å². The Morgan fingerprint density at radius 2 is 2.09 bits per heavy atom. The molecule has 0 aliphatic heterocycles. The Kier molecular flexibility index (Phi) is 7.88. The number of sulfonamides is 1. The van der Waals surface area contributed by atoms with E-state index in [4.69, 9.17) is 4.74 Å². The lowest BCUT2D eigenvalue weighted by Gasteiger charge is -2.19. The quantitative estimate of drug-likeness (QED) is 0.668. The zero-order chi connectivity index (χ0) is 16.8. The maximum Gasteiger partial charge on any atom is 0.324 e. The third kappa shape index (κ3) is 6.28. The fourth-order valence-corrected chi connectivity index (χ4v) is 3.95. The molecule has 0 bridgehead atoms. The summed E-state index contributed by atoms with van der Waals surface area (Å²) in [4.78, 5) is 12.2. The van der Waals surface area contributed by atoms with Gasteiger partial charge in [-0.2, -0.15) is 16.5 Å². The van der Waals surface area contributed by atoms with Crippen molar-refractivity contribution < 1.29 is 17.9 Å². The first-order chi connectivity index (χ1) is 10.3. The van der Waals surface area contributed by atoms with Gasteiger partial charge in [-0.05, 0) is 50.5 Å². The van der Waals surface area contributed by atoms with E-state index in [1.165, 1.54) is 12.1 Å². The van der Waals surface area contributed by atoms with Crippen LogP contribution in [0.2, 0.25) is 0 Å². The number of carbonyl (C=O) groups is 1. The van der Waals surface area contributed by atoms with Gasteiger partial charge < -0.3 is 4.74 Å². The highest BCUT2D eigenvalue weighted by Crippen LogP contribution is 2.17. The zero-order valence-electron chi connectivity index (χ0n) is 12.7. The first-order valence-corrected chi connectivity index (χ1v) is 10.4. The predicted molar refractivity (Wildman–Crippen MR) is 92.5 cm³/mol. The molecule has 0 saturated carbocycles. The minimum absolute atomic E-state index is 0.105. The van der Waals surface area contributed by atoms with Gasteiger partial charge in [0.2, 0.25) is 10.0 Å². The van der Waals surface area contributed by atoms with Gasteiger partial charge in [-0.25, -0.2) is 8.42 Å². The van der Waals surface area contributed by atoms with E-state index in [0.29, 0.717) is 16.6 Å². The summed E-state index contributed by atoms with van der Waals surface area (Å²) in [5.41, 5.74) is 0. The van der Waals surface area contributed by atoms with Crippen molar-refractivity contribution in [3.05, 3.63) is 28.7 Å². The van der Waals surface area contributed by atoms with Gasteiger partial charge in [0.25, 0.3) is 0 Å². The topological polar surface area (TPSA) is 72.5 Å². The molecule has 0 aliphatic rings. The second kappa shape index (κ2) is 8.90. The number of benzene rings is 1. The molecule has 1 rings (SSSR count). The lowest BCUT2D eigenvalue weighted by molar-refractivity contribution is -0.149. The smallest absolute Gasteiger partial charge is 0.324 e. The molecule has 1 unspecified atom stereocenters. The molecule has 5 nitrogen and oxygen atoms in total. The summed E-state index contributed by atoms with van der Waals surface area (Å²) in [6, 6.07) is 5.44. The maximum absolute atomic E-state index is 12.4. The number of thioether (sulfide) groups is 1. The number of hydrogen-bond donors (Lipinski definition) is 1. The molecule has 0 amide bonds. The van der Waals surface area contributed by atoms with Crippen molar-refractivity contribution in [2.24, 2.45) is 0 Å². The number of carbonyl (C=O) groups excluding carboxylic acids is 1. The molecule has 1 aromatic rings. The molecule has 1 aromatic carbocycles. The highest BCUT2D eigenvalue weighted by Gasteiger charge is 2.27. The molecule has 0 radical (unpaired) electrons. The summed E-state index contributed by atoms with van der Waals surface area (Å²) in [7, 11) is -3.78. The Bertz CT molecular complexity index is 605. The van der Waals surface area contributed by atoms with Crippen molar-refractivity contribution in [2.45, 2.75) is 37.3 Å². The standard InChI is InChI=1S/C14H20BrNO4S2/c1-10(2)20-14(17)13(7-8-21-3)16-22(18,19)12-6-4-5-11(15)9-12/h4-6,9-10,13,16H,7-8H2,1-3H3. The predicted octanol–water partition coefficient (Wildman–Crippen LogP) is 2.80. The molecule has 1 atom stereocenters. The molecular weight excluding hydrogens is 390 g/mol. The number of nitrogens with one attached hydrogen (secondary N) is 1. The highest BCUT2D eigenvalue weighted by molar-refractivity contribution is 9.10. The molecule has 22 heavy (non-hydrogen) atoms. The van der Waals surface area contributed by atoms with Crippen LogP contribution in [-0.2, 0) is 19.6 Å². The van der Waals surface area contributed by atoms with E-state index < -0.39 is 22.0 Å². The van der Waals surface area contributed by atoms with Crippen molar-refractivity contribution in [3.8, 4) is 0 Å². The van der Waals surface area contributed by atoms with Crippen LogP contribution in [0.5, 0.6) is 0 Å². The van der Waals surface area contributed by atoms with Crippen LogP contribution in [0, 0.1) is 0 Å². The van der Waals surface area contributed by atoms with Crippen molar-refractivity contribution in [1.82, 2.24) is 4.72 Å². The van der Waals surface area contributed by atoms with Gasteiger partial charge in [0.05, 0.1) is 11.0 Å². The van der Waals surface area contributed by atoms with E-state index in [1.807, 2.05) is 6.26 Å². The second-order valence-electron chi connectivity index (χ2n) is 4.90. The summed E-state index contributed by atoms with van der Waals surface area (Å²) < 4.78 is 33.0. The third-order valence-corrected chi connectivity index (χ3v) is 5.26. The summed E-state index contributed by atoms with van der Waals surface area (Å²) in [6.45, 7) is 3.46. The lowest BCUT2D eigenvalue weighted by atomic mass is 10.2. The average Bonchev–Trinajstić information content (AvgIpc) is 2.42. The number of esters is 1. The van der Waals surface area contributed by atoms with Crippen LogP contribution in [-0.4, -0.2) is 38.5 Å². The molecule has 0 saturated heterocycles. The summed E-state index contributed by atoms with van der Waals surface area (Å²) in [5, 5.41) is 0. The Hall–Kier alpha value is -0.570. The van der Waals surface area contributed by atoms with Gasteiger partial charge in [0.15, 0.2) is 0 Å². The zero-order valence-corrected chi connectivity index (χ0v) is 15.9. The molecule has 0 fully saturated rings. The Morgan fingerprint density at radius 3 is 2.64 bits per heavy atom. The first kappa shape index (κ1) is 19.5. The number of hydrogen-bond acceptors (Lipinski definition) is 5. The number of rotatable bonds is 8. The van der Waals surface area contributed by atoms with Crippen LogP contribution >= 0.6 is 27.7 Å². The summed E-state index contributed by atoms with van der Waals surface area (Å²) >= 11 is 4.78. The van der Waals surface area contributed by atoms with Gasteiger partial charge in [-0.3, -0.25) is 4.79 Å². The fraction of sp³-hybridized carbons (Fsp3) is 0.500. The molecule has 0 spiro atoms. The van der Waals surface area contributed by atoms with Crippen LogP contribution in [0.4, 0.5) is 0 Å². The normalized spacial score (nSPS) is 13.1. The Morgan fingerprint density at radius 1 is 1.41 bits per heavy atom. The van der Waals surface area contributed by atoms with Crippen molar-refractivity contribution >= 4 is 43.7 Å². The Balaban J connectivity index is 2.94. The Labute approximate surface area is 144 Å². The number of halogens is 1. The molecule has 0 heterocycles. The molecule has 8 heteroatoms. The van der Waals surface area contributed by atoms with Crippen molar-refractivity contribution in [1.29, 1.82) is 0 Å². The van der Waals surface area contributed by atoms with Crippen LogP contribution < -0.4 is 4.72 Å². The molecular formula is C14H20BrNO4S2. The van der Waals surface area contributed by atoms with Crippen molar-refractivity contribution in [2.75, 3.05) is 12.0 Å². The van der Waals surface area contributed by atoms with E-state index in [-0.39, 0.29) is 11.0 Å². The van der Waals surface area contributed by atoms with E-state index in [9.17, 15) is 13.2 Å². The minimum atomic E-state index is -3.78. The first-order valence-electron chi connectivity index (χ1n) is 6.73. The monoisotopic (exact) mass is 409 g/mol. The van der Waals surface area contributed by atoms with Crippen LogP contribution in [0.1, 0.15) is 20.3 Å². The summed E-state index contributed by atoms with van der Waals surface area (Å²) in [6.07, 6.45) is 1.98. The molecule has 0 aromatic heterocycles. The minimum Gasteiger partial charge on any atom is -0.462 e. The fourth-order valence-electron chi connectivity index (χ4n) is 1.66. The van der Waals surface area contributed by atoms with E-state index in [1.54, 1.807) is 37.7 Å². The van der Waals surface area contributed by atoms with Crippen LogP contribution in [0.25, 0.3) is 0 Å². The molecule has 1 N–H and O–H groups in total. The summed E-state index contributed by atoms with van der Waals surface area (Å²) in [5.74, 6) is 0.0985. The van der Waals surface area contributed by atoms with Gasteiger partial charge in [0, 0.05) is 4.47 Å². The maximum atomic E-state index is 12.4.